The molecule has 0 amide bonds. The first-order valence-electron chi connectivity index (χ1n) is 3.71. The van der Waals surface area contributed by atoms with Crippen LogP contribution < -0.4 is 5.32 Å². The molecule has 0 aliphatic rings. The Bertz CT molecular complexity index is 355. The minimum Gasteiger partial charge on any atom is -0.370 e. The van der Waals surface area contributed by atoms with Crippen LogP contribution in [-0.2, 0) is 0 Å². The largest absolute Gasteiger partial charge is 0.370 e. The van der Waals surface area contributed by atoms with Crippen LogP contribution in [0.2, 0.25) is 0 Å². The Morgan fingerprint density at radius 2 is 2.08 bits per heavy atom. The predicted octanol–water partition coefficient (Wildman–Crippen LogP) is 2.21. The van der Waals surface area contributed by atoms with Gasteiger partial charge in [0, 0.05) is 6.07 Å². The van der Waals surface area contributed by atoms with Crippen molar-refractivity contribution in [2.45, 2.75) is 6.92 Å². The standard InChI is InChI=1S/C9H8F2N2/c1-6-4-8(11)9(5-7(6)10)13-3-2-12/h4-5,13H,3H2,1H3. The maximum Gasteiger partial charge on any atom is 0.146 e. The summed E-state index contributed by atoms with van der Waals surface area (Å²) in [5, 5.41) is 10.7. The van der Waals surface area contributed by atoms with Crippen LogP contribution in [0.1, 0.15) is 5.56 Å². The molecular weight excluding hydrogens is 174 g/mol. The highest BCUT2D eigenvalue weighted by molar-refractivity contribution is 5.47. The van der Waals surface area contributed by atoms with Gasteiger partial charge in [-0.25, -0.2) is 8.78 Å². The normalized spacial score (nSPS) is 9.38. The van der Waals surface area contributed by atoms with Gasteiger partial charge in [0.15, 0.2) is 0 Å². The first-order valence-corrected chi connectivity index (χ1v) is 3.71. The Morgan fingerprint density at radius 3 is 2.69 bits per heavy atom. The molecule has 0 spiro atoms. The second-order valence-electron chi connectivity index (χ2n) is 2.59. The van der Waals surface area contributed by atoms with Gasteiger partial charge >= 0.3 is 0 Å². The number of benzene rings is 1. The van der Waals surface area contributed by atoms with Crippen molar-refractivity contribution in [1.29, 1.82) is 5.26 Å². The molecule has 0 heterocycles. The number of nitrogens with one attached hydrogen (secondary N) is 1. The number of anilines is 1. The topological polar surface area (TPSA) is 35.8 Å². The van der Waals surface area contributed by atoms with E-state index >= 15 is 0 Å². The van der Waals surface area contributed by atoms with Gasteiger partial charge in [0.1, 0.15) is 18.2 Å². The smallest absolute Gasteiger partial charge is 0.146 e. The molecule has 0 saturated carbocycles. The highest BCUT2D eigenvalue weighted by Crippen LogP contribution is 2.18. The quantitative estimate of drug-likeness (QED) is 0.712. The Labute approximate surface area is 74.8 Å². The van der Waals surface area contributed by atoms with Gasteiger partial charge in [0.05, 0.1) is 11.8 Å². The molecule has 4 heteroatoms. The van der Waals surface area contributed by atoms with Crippen molar-refractivity contribution in [2.75, 3.05) is 11.9 Å². The lowest BCUT2D eigenvalue weighted by molar-refractivity contribution is 0.595. The predicted molar refractivity (Wildman–Crippen MR) is 45.2 cm³/mol. The van der Waals surface area contributed by atoms with E-state index in [9.17, 15) is 8.78 Å². The van der Waals surface area contributed by atoms with E-state index in [-0.39, 0.29) is 17.8 Å². The highest BCUT2D eigenvalue weighted by Gasteiger charge is 2.05. The van der Waals surface area contributed by atoms with Crippen LogP contribution in [0, 0.1) is 29.9 Å². The second-order valence-corrected chi connectivity index (χ2v) is 2.59. The van der Waals surface area contributed by atoms with Gasteiger partial charge in [0.2, 0.25) is 0 Å². The third-order valence-corrected chi connectivity index (χ3v) is 1.61. The molecule has 0 unspecified atom stereocenters. The van der Waals surface area contributed by atoms with E-state index in [1.807, 2.05) is 0 Å². The molecule has 0 aromatic heterocycles. The lowest BCUT2D eigenvalue weighted by Crippen LogP contribution is -2.02. The Morgan fingerprint density at radius 1 is 1.38 bits per heavy atom. The van der Waals surface area contributed by atoms with Crippen molar-refractivity contribution in [3.05, 3.63) is 29.3 Å². The molecule has 1 aromatic rings. The van der Waals surface area contributed by atoms with E-state index in [0.717, 1.165) is 12.1 Å². The van der Waals surface area contributed by atoms with Crippen molar-refractivity contribution >= 4 is 5.69 Å². The van der Waals surface area contributed by atoms with Gasteiger partial charge in [-0.2, -0.15) is 5.26 Å². The van der Waals surface area contributed by atoms with E-state index < -0.39 is 11.6 Å². The maximum atomic E-state index is 13.0. The molecule has 0 radical (unpaired) electrons. The average molecular weight is 182 g/mol. The van der Waals surface area contributed by atoms with Gasteiger partial charge in [-0.05, 0) is 18.6 Å². The Balaban J connectivity index is 2.96. The fraction of sp³-hybridized carbons (Fsp3) is 0.222. The number of hydrogen-bond donors (Lipinski definition) is 1. The average Bonchev–Trinajstić information content (AvgIpc) is 2.09. The summed E-state index contributed by atoms with van der Waals surface area (Å²) in [6.45, 7) is 1.44. The highest BCUT2D eigenvalue weighted by atomic mass is 19.1. The third-order valence-electron chi connectivity index (χ3n) is 1.61. The molecule has 0 saturated heterocycles. The van der Waals surface area contributed by atoms with Gasteiger partial charge < -0.3 is 5.32 Å². The monoisotopic (exact) mass is 182 g/mol. The summed E-state index contributed by atoms with van der Waals surface area (Å²) in [6, 6.07) is 3.91. The van der Waals surface area contributed by atoms with Gasteiger partial charge in [0.25, 0.3) is 0 Å². The number of hydrogen-bond acceptors (Lipinski definition) is 2. The lowest BCUT2D eigenvalue weighted by Gasteiger charge is -2.04. The first kappa shape index (κ1) is 9.46. The molecule has 1 aromatic carbocycles. The number of rotatable bonds is 2. The van der Waals surface area contributed by atoms with Crippen LogP contribution in [0.25, 0.3) is 0 Å². The summed E-state index contributed by atoms with van der Waals surface area (Å²) >= 11 is 0. The molecule has 0 atom stereocenters. The van der Waals surface area contributed by atoms with Crippen LogP contribution in [0.5, 0.6) is 0 Å². The second kappa shape index (κ2) is 3.85. The summed E-state index contributed by atoms with van der Waals surface area (Å²) in [7, 11) is 0. The minimum absolute atomic E-state index is 0.0182. The van der Waals surface area contributed by atoms with E-state index in [4.69, 9.17) is 5.26 Å². The fourth-order valence-corrected chi connectivity index (χ4v) is 0.917. The van der Waals surface area contributed by atoms with Gasteiger partial charge in [-0.3, -0.25) is 0 Å². The molecule has 68 valence electrons. The number of nitriles is 1. The van der Waals surface area contributed by atoms with E-state index in [1.54, 1.807) is 6.07 Å². The SMILES string of the molecule is Cc1cc(F)c(NCC#N)cc1F. The summed E-state index contributed by atoms with van der Waals surface area (Å²) in [5.74, 6) is -1.03. The number of halogens is 2. The van der Waals surface area contributed by atoms with Crippen LogP contribution in [0.4, 0.5) is 14.5 Å². The Hall–Kier alpha value is -1.63. The molecule has 2 nitrogen and oxygen atoms in total. The fourth-order valence-electron chi connectivity index (χ4n) is 0.917. The minimum atomic E-state index is -0.547. The molecule has 0 fully saturated rings. The molecule has 1 N–H and O–H groups in total. The van der Waals surface area contributed by atoms with Crippen LogP contribution in [0.3, 0.4) is 0 Å². The summed E-state index contributed by atoms with van der Waals surface area (Å²) in [4.78, 5) is 0. The van der Waals surface area contributed by atoms with Crippen LogP contribution in [-0.4, -0.2) is 6.54 Å². The van der Waals surface area contributed by atoms with Crippen molar-refractivity contribution < 1.29 is 8.78 Å². The number of nitrogens with zero attached hydrogens (tertiary/aromatic N) is 1. The lowest BCUT2D eigenvalue weighted by atomic mass is 10.2. The van der Waals surface area contributed by atoms with Gasteiger partial charge in [-0.1, -0.05) is 0 Å². The van der Waals surface area contributed by atoms with E-state index in [0.29, 0.717) is 0 Å². The third kappa shape index (κ3) is 2.15. The molecule has 1 rings (SSSR count). The van der Waals surface area contributed by atoms with Crippen molar-refractivity contribution in [1.82, 2.24) is 0 Å². The van der Waals surface area contributed by atoms with Crippen LogP contribution >= 0.6 is 0 Å². The zero-order valence-corrected chi connectivity index (χ0v) is 7.06. The molecule has 13 heavy (non-hydrogen) atoms. The summed E-state index contributed by atoms with van der Waals surface area (Å²) in [5.41, 5.74) is 0.268. The Kier molecular flexibility index (Phi) is 2.80. The molecule has 0 aliphatic heterocycles. The maximum absolute atomic E-state index is 13.0. The summed E-state index contributed by atoms with van der Waals surface area (Å²) in [6.07, 6.45) is 0. The first-order chi connectivity index (χ1) is 6.15. The van der Waals surface area contributed by atoms with E-state index in [2.05, 4.69) is 5.32 Å². The van der Waals surface area contributed by atoms with E-state index in [1.165, 1.54) is 6.92 Å². The zero-order chi connectivity index (χ0) is 9.84. The van der Waals surface area contributed by atoms with Gasteiger partial charge in [-0.15, -0.1) is 0 Å². The zero-order valence-electron chi connectivity index (χ0n) is 7.06. The molecule has 0 bridgehead atoms. The number of aryl methyl sites for hydroxylation is 1. The molecule has 0 aliphatic carbocycles. The van der Waals surface area contributed by atoms with Crippen molar-refractivity contribution in [3.63, 3.8) is 0 Å². The summed E-state index contributed by atoms with van der Waals surface area (Å²) < 4.78 is 25.9. The molecular formula is C9H8F2N2. The van der Waals surface area contributed by atoms with Crippen molar-refractivity contribution in [3.8, 4) is 6.07 Å². The van der Waals surface area contributed by atoms with Crippen molar-refractivity contribution in [2.24, 2.45) is 0 Å². The van der Waals surface area contributed by atoms with Crippen LogP contribution in [0.15, 0.2) is 12.1 Å².